The van der Waals surface area contributed by atoms with E-state index in [0.29, 0.717) is 13.2 Å². The molecular formula is C30H38N4O3. The maximum absolute atomic E-state index is 10.9. The maximum Gasteiger partial charge on any atom is 0.142 e. The minimum atomic E-state index is -0.517. The van der Waals surface area contributed by atoms with E-state index in [2.05, 4.69) is 56.4 Å². The van der Waals surface area contributed by atoms with E-state index in [9.17, 15) is 5.11 Å². The Morgan fingerprint density at radius 1 is 0.892 bits per heavy atom. The highest BCUT2D eigenvalue weighted by molar-refractivity contribution is 5.59. The molecule has 3 aromatic rings. The molecule has 3 aromatic carbocycles. The molecule has 0 saturated carbocycles. The van der Waals surface area contributed by atoms with E-state index in [0.717, 1.165) is 56.3 Å². The summed E-state index contributed by atoms with van der Waals surface area (Å²) < 4.78 is 12.4. The molecule has 0 radical (unpaired) electrons. The zero-order valence-corrected chi connectivity index (χ0v) is 21.6. The van der Waals surface area contributed by atoms with Crippen molar-refractivity contribution in [3.05, 3.63) is 90.5 Å². The van der Waals surface area contributed by atoms with Gasteiger partial charge < -0.3 is 29.7 Å². The summed E-state index contributed by atoms with van der Waals surface area (Å²) in [5, 5.41) is 14.4. The third-order valence-corrected chi connectivity index (χ3v) is 7.34. The van der Waals surface area contributed by atoms with E-state index < -0.39 is 6.10 Å². The predicted molar refractivity (Wildman–Crippen MR) is 148 cm³/mol. The van der Waals surface area contributed by atoms with Gasteiger partial charge in [-0.15, -0.1) is 0 Å². The van der Waals surface area contributed by atoms with Crippen LogP contribution in [0.1, 0.15) is 11.7 Å². The molecule has 196 valence electrons. The number of aliphatic hydroxyl groups excluding tert-OH is 1. The smallest absolute Gasteiger partial charge is 0.142 e. The standard InChI is InChI=1S/C30H38N4O3/c1-36-29-15-9-8-14-27(29)33-19-18-32(22-28(35)24-10-4-2-5-11-24)21-26(33)23-37-30-20-31-16-17-34(30)25-12-6-3-7-13-25/h2-15,26,28,30-31,35H,16-23H2,1H3/t26?,28?,30-/m0/s1. The largest absolute Gasteiger partial charge is 0.495 e. The zero-order valence-electron chi connectivity index (χ0n) is 21.6. The van der Waals surface area contributed by atoms with Crippen molar-refractivity contribution < 1.29 is 14.6 Å². The Labute approximate surface area is 220 Å². The SMILES string of the molecule is COc1ccccc1N1CCN(CC(O)c2ccccc2)CC1CO[C@H]1CNCCN1c1ccccc1. The highest BCUT2D eigenvalue weighted by Crippen LogP contribution is 2.31. The molecule has 2 N–H and O–H groups in total. The molecule has 2 aliphatic rings. The zero-order chi connectivity index (χ0) is 25.5. The number of nitrogens with one attached hydrogen (secondary N) is 1. The van der Waals surface area contributed by atoms with E-state index in [1.54, 1.807) is 7.11 Å². The summed E-state index contributed by atoms with van der Waals surface area (Å²) in [6.07, 6.45) is -0.558. The Morgan fingerprint density at radius 3 is 2.41 bits per heavy atom. The van der Waals surface area contributed by atoms with Crippen molar-refractivity contribution in [3.8, 4) is 5.75 Å². The number of nitrogens with zero attached hydrogens (tertiary/aromatic N) is 3. The fraction of sp³-hybridized carbons (Fsp3) is 0.400. The number of β-amino-alcohol motifs (C(OH)–C–C–N with tert-alkyl or cyclic N) is 1. The van der Waals surface area contributed by atoms with Gasteiger partial charge in [0.2, 0.25) is 0 Å². The number of hydrogen-bond donors (Lipinski definition) is 2. The fourth-order valence-corrected chi connectivity index (χ4v) is 5.40. The summed E-state index contributed by atoms with van der Waals surface area (Å²) in [5.41, 5.74) is 3.23. The van der Waals surface area contributed by atoms with Crippen LogP contribution in [-0.4, -0.2) is 81.8 Å². The minimum Gasteiger partial charge on any atom is -0.495 e. The van der Waals surface area contributed by atoms with Gasteiger partial charge in [0.05, 0.1) is 31.5 Å². The van der Waals surface area contributed by atoms with Gasteiger partial charge in [-0.25, -0.2) is 0 Å². The van der Waals surface area contributed by atoms with E-state index in [4.69, 9.17) is 9.47 Å². The summed E-state index contributed by atoms with van der Waals surface area (Å²) in [5.74, 6) is 0.871. The van der Waals surface area contributed by atoms with Crippen molar-refractivity contribution >= 4 is 11.4 Å². The lowest BCUT2D eigenvalue weighted by atomic mass is 10.1. The first-order valence-corrected chi connectivity index (χ1v) is 13.2. The quantitative estimate of drug-likeness (QED) is 0.465. The molecule has 2 unspecified atom stereocenters. The third-order valence-electron chi connectivity index (χ3n) is 7.34. The Bertz CT molecular complexity index is 1100. The lowest BCUT2D eigenvalue weighted by Crippen LogP contribution is -2.58. The van der Waals surface area contributed by atoms with Crippen LogP contribution in [-0.2, 0) is 4.74 Å². The average Bonchev–Trinajstić information content (AvgIpc) is 2.97. The van der Waals surface area contributed by atoms with Crippen molar-refractivity contribution in [3.63, 3.8) is 0 Å². The van der Waals surface area contributed by atoms with Gasteiger partial charge in [0, 0.05) is 51.5 Å². The van der Waals surface area contributed by atoms with Crippen LogP contribution >= 0.6 is 0 Å². The number of aliphatic hydroxyl groups is 1. The average molecular weight is 503 g/mol. The molecule has 0 spiro atoms. The van der Waals surface area contributed by atoms with Crippen LogP contribution in [0.4, 0.5) is 11.4 Å². The van der Waals surface area contributed by atoms with E-state index in [-0.39, 0.29) is 12.3 Å². The van der Waals surface area contributed by atoms with Crippen LogP contribution in [0.5, 0.6) is 5.75 Å². The Kier molecular flexibility index (Phi) is 8.58. The number of para-hydroxylation sites is 3. The molecule has 2 fully saturated rings. The second-order valence-electron chi connectivity index (χ2n) is 9.73. The number of methoxy groups -OCH3 is 1. The van der Waals surface area contributed by atoms with Crippen molar-refractivity contribution in [2.24, 2.45) is 0 Å². The molecule has 0 bridgehead atoms. The fourth-order valence-electron chi connectivity index (χ4n) is 5.40. The number of anilines is 2. The molecule has 7 nitrogen and oxygen atoms in total. The molecule has 2 heterocycles. The van der Waals surface area contributed by atoms with Gasteiger partial charge in [-0.2, -0.15) is 0 Å². The Balaban J connectivity index is 1.32. The summed E-state index contributed by atoms with van der Waals surface area (Å²) in [7, 11) is 1.72. The second kappa shape index (κ2) is 12.4. The van der Waals surface area contributed by atoms with Crippen molar-refractivity contribution in [1.82, 2.24) is 10.2 Å². The molecule has 7 heteroatoms. The summed E-state index contributed by atoms with van der Waals surface area (Å²) in [6, 6.07) is 28.7. The minimum absolute atomic E-state index is 0.0408. The van der Waals surface area contributed by atoms with E-state index >= 15 is 0 Å². The number of hydrogen-bond acceptors (Lipinski definition) is 7. The van der Waals surface area contributed by atoms with Crippen molar-refractivity contribution in [2.45, 2.75) is 18.4 Å². The lowest BCUT2D eigenvalue weighted by Gasteiger charge is -2.45. The number of ether oxygens (including phenoxy) is 2. The molecule has 0 amide bonds. The van der Waals surface area contributed by atoms with Crippen LogP contribution in [0.25, 0.3) is 0 Å². The first-order chi connectivity index (χ1) is 18.2. The monoisotopic (exact) mass is 502 g/mol. The molecule has 0 aromatic heterocycles. The Hall–Kier alpha value is -3.10. The third kappa shape index (κ3) is 6.25. The van der Waals surface area contributed by atoms with Crippen molar-refractivity contribution in [2.75, 3.05) is 69.3 Å². The van der Waals surface area contributed by atoms with Gasteiger partial charge in [-0.3, -0.25) is 4.90 Å². The molecule has 3 atom stereocenters. The molecule has 2 aliphatic heterocycles. The van der Waals surface area contributed by atoms with Crippen molar-refractivity contribution in [1.29, 1.82) is 0 Å². The van der Waals surface area contributed by atoms with Gasteiger partial charge in [0.25, 0.3) is 0 Å². The molecule has 0 aliphatic carbocycles. The highest BCUT2D eigenvalue weighted by Gasteiger charge is 2.32. The number of piperazine rings is 2. The van der Waals surface area contributed by atoms with Crippen LogP contribution < -0.4 is 19.9 Å². The van der Waals surface area contributed by atoms with Gasteiger partial charge in [-0.1, -0.05) is 60.7 Å². The topological polar surface area (TPSA) is 60.4 Å². The first kappa shape index (κ1) is 25.5. The molecule has 37 heavy (non-hydrogen) atoms. The molecule has 5 rings (SSSR count). The van der Waals surface area contributed by atoms with Crippen LogP contribution in [0, 0.1) is 0 Å². The van der Waals surface area contributed by atoms with Gasteiger partial charge in [0.1, 0.15) is 12.0 Å². The van der Waals surface area contributed by atoms with Gasteiger partial charge >= 0.3 is 0 Å². The second-order valence-corrected chi connectivity index (χ2v) is 9.73. The Morgan fingerprint density at radius 2 is 1.62 bits per heavy atom. The summed E-state index contributed by atoms with van der Waals surface area (Å²) >= 11 is 0. The summed E-state index contributed by atoms with van der Waals surface area (Å²) in [4.78, 5) is 7.11. The summed E-state index contributed by atoms with van der Waals surface area (Å²) in [6.45, 7) is 6.30. The van der Waals surface area contributed by atoms with Gasteiger partial charge in [-0.05, 0) is 29.8 Å². The molecular weight excluding hydrogens is 464 g/mol. The van der Waals surface area contributed by atoms with Crippen LogP contribution in [0.2, 0.25) is 0 Å². The number of benzene rings is 3. The van der Waals surface area contributed by atoms with E-state index in [1.165, 1.54) is 5.69 Å². The van der Waals surface area contributed by atoms with Crippen LogP contribution in [0.3, 0.4) is 0 Å². The normalized spacial score (nSPS) is 21.6. The van der Waals surface area contributed by atoms with E-state index in [1.807, 2.05) is 48.5 Å². The highest BCUT2D eigenvalue weighted by atomic mass is 16.5. The maximum atomic E-state index is 10.9. The molecule has 2 saturated heterocycles. The number of rotatable bonds is 9. The lowest BCUT2D eigenvalue weighted by molar-refractivity contribution is 0.0182. The predicted octanol–water partition coefficient (Wildman–Crippen LogP) is 3.37. The van der Waals surface area contributed by atoms with Gasteiger partial charge in [0.15, 0.2) is 0 Å². The van der Waals surface area contributed by atoms with Crippen LogP contribution in [0.15, 0.2) is 84.9 Å². The first-order valence-electron chi connectivity index (χ1n) is 13.2.